The van der Waals surface area contributed by atoms with Crippen molar-refractivity contribution in [3.8, 4) is 5.75 Å². The number of likely N-dealkylation sites (N-methyl/N-ethyl adjacent to an activating group) is 1. The zero-order chi connectivity index (χ0) is 23.0. The molecule has 2 N–H and O–H groups in total. The van der Waals surface area contributed by atoms with E-state index in [0.717, 1.165) is 36.8 Å². The van der Waals surface area contributed by atoms with Gasteiger partial charge >= 0.3 is 6.09 Å². The number of halogens is 1. The largest absolute Gasteiger partial charge is 0.496 e. The molecule has 0 spiro atoms. The first-order valence-corrected chi connectivity index (χ1v) is 11.0. The van der Waals surface area contributed by atoms with E-state index in [0.29, 0.717) is 13.1 Å². The van der Waals surface area contributed by atoms with Gasteiger partial charge in [0, 0.05) is 25.2 Å². The van der Waals surface area contributed by atoms with Crippen LogP contribution in [0.25, 0.3) is 0 Å². The highest BCUT2D eigenvalue weighted by Crippen LogP contribution is 2.28. The molecule has 9 heteroatoms. The van der Waals surface area contributed by atoms with Crippen molar-refractivity contribution >= 4 is 36.0 Å². The van der Waals surface area contributed by atoms with Gasteiger partial charge in [0.05, 0.1) is 25.7 Å². The van der Waals surface area contributed by atoms with E-state index < -0.39 is 5.60 Å². The molecule has 2 unspecified atom stereocenters. The summed E-state index contributed by atoms with van der Waals surface area (Å²) in [5.41, 5.74) is 0.610. The molecule has 2 atom stereocenters. The molecule has 1 aliphatic heterocycles. The summed E-state index contributed by atoms with van der Waals surface area (Å²) in [5, 5.41) is 6.37. The average molecular weight is 562 g/mol. The van der Waals surface area contributed by atoms with Crippen LogP contribution in [-0.2, 0) is 4.74 Å². The van der Waals surface area contributed by atoms with Crippen LogP contribution >= 0.6 is 24.0 Å². The van der Waals surface area contributed by atoms with Crippen molar-refractivity contribution in [3.63, 3.8) is 0 Å². The number of methoxy groups -OCH3 is 1. The maximum Gasteiger partial charge on any atom is 0.407 e. The molecule has 1 heterocycles. The number of alkyl carbamates (subject to hydrolysis) is 1. The van der Waals surface area contributed by atoms with Crippen molar-refractivity contribution in [1.29, 1.82) is 0 Å². The Morgan fingerprint density at radius 2 is 2.00 bits per heavy atom. The number of benzene rings is 1. The molecule has 1 aromatic carbocycles. The fourth-order valence-corrected chi connectivity index (χ4v) is 3.62. The van der Waals surface area contributed by atoms with Gasteiger partial charge in [-0.2, -0.15) is 0 Å². The number of ether oxygens (including phenoxy) is 2. The van der Waals surface area contributed by atoms with Gasteiger partial charge in [0.1, 0.15) is 11.4 Å². The second-order valence-electron chi connectivity index (χ2n) is 8.99. The van der Waals surface area contributed by atoms with E-state index in [1.807, 2.05) is 39.0 Å². The molecule has 0 aromatic heterocycles. The normalized spacial score (nSPS) is 17.6. The van der Waals surface area contributed by atoms with Crippen LogP contribution in [0.1, 0.15) is 45.7 Å². The molecular formula is C23H40IN5O3. The number of guanidine groups is 1. The van der Waals surface area contributed by atoms with E-state index in [-0.39, 0.29) is 42.2 Å². The number of rotatable bonds is 7. The lowest BCUT2D eigenvalue weighted by Gasteiger charge is -2.27. The Morgan fingerprint density at radius 3 is 2.59 bits per heavy atom. The van der Waals surface area contributed by atoms with E-state index in [4.69, 9.17) is 14.5 Å². The third-order valence-corrected chi connectivity index (χ3v) is 5.08. The zero-order valence-corrected chi connectivity index (χ0v) is 22.8. The number of amides is 1. The summed E-state index contributed by atoms with van der Waals surface area (Å²) in [5.74, 6) is 1.72. The quantitative estimate of drug-likeness (QED) is 0.302. The van der Waals surface area contributed by atoms with Gasteiger partial charge in [-0.3, -0.25) is 4.99 Å². The predicted octanol–water partition coefficient (Wildman–Crippen LogP) is 3.48. The number of likely N-dealkylation sites (tertiary alicyclic amines) is 1. The molecule has 2 rings (SSSR count). The SMILES string of the molecule is CCNC(=NCC(c1ccccc1OC)N(C)C)N1CCC(NC(=O)OC(C)(C)C)C1.I. The lowest BCUT2D eigenvalue weighted by atomic mass is 10.0. The number of nitrogens with one attached hydrogen (secondary N) is 2. The van der Waals surface area contributed by atoms with Gasteiger partial charge in [0.2, 0.25) is 0 Å². The minimum absolute atomic E-state index is 0. The van der Waals surface area contributed by atoms with Crippen LogP contribution < -0.4 is 15.4 Å². The Morgan fingerprint density at radius 1 is 1.31 bits per heavy atom. The molecule has 32 heavy (non-hydrogen) atoms. The van der Waals surface area contributed by atoms with Gasteiger partial charge in [-0.05, 0) is 54.3 Å². The van der Waals surface area contributed by atoms with Crippen molar-refractivity contribution in [2.75, 3.05) is 47.4 Å². The average Bonchev–Trinajstić information content (AvgIpc) is 3.14. The number of hydrogen-bond acceptors (Lipinski definition) is 5. The molecule has 1 aliphatic rings. The molecule has 0 aliphatic carbocycles. The fraction of sp³-hybridized carbons (Fsp3) is 0.652. The van der Waals surface area contributed by atoms with Gasteiger partial charge in [-0.15, -0.1) is 24.0 Å². The minimum Gasteiger partial charge on any atom is -0.496 e. The summed E-state index contributed by atoms with van der Waals surface area (Å²) >= 11 is 0. The van der Waals surface area contributed by atoms with Crippen LogP contribution in [0.15, 0.2) is 29.3 Å². The predicted molar refractivity (Wildman–Crippen MR) is 140 cm³/mol. The van der Waals surface area contributed by atoms with Crippen molar-refractivity contribution in [2.24, 2.45) is 4.99 Å². The van der Waals surface area contributed by atoms with Gasteiger partial charge < -0.3 is 29.9 Å². The van der Waals surface area contributed by atoms with Crippen molar-refractivity contribution in [2.45, 2.75) is 51.8 Å². The summed E-state index contributed by atoms with van der Waals surface area (Å²) in [7, 11) is 5.80. The first kappa shape index (κ1) is 28.3. The van der Waals surface area contributed by atoms with E-state index in [9.17, 15) is 4.79 Å². The Balaban J connectivity index is 0.00000512. The number of nitrogens with zero attached hydrogens (tertiary/aromatic N) is 3. The second-order valence-corrected chi connectivity index (χ2v) is 8.99. The van der Waals surface area contributed by atoms with Crippen LogP contribution in [0.4, 0.5) is 4.79 Å². The van der Waals surface area contributed by atoms with Crippen LogP contribution in [-0.4, -0.2) is 80.9 Å². The maximum absolute atomic E-state index is 12.1. The van der Waals surface area contributed by atoms with Gasteiger partial charge in [0.25, 0.3) is 0 Å². The number of carbonyl (C=O) groups excluding carboxylic acids is 1. The van der Waals surface area contributed by atoms with Crippen LogP contribution in [0.5, 0.6) is 5.75 Å². The smallest absolute Gasteiger partial charge is 0.407 e. The lowest BCUT2D eigenvalue weighted by Crippen LogP contribution is -2.44. The van der Waals surface area contributed by atoms with Crippen LogP contribution in [0, 0.1) is 0 Å². The summed E-state index contributed by atoms with van der Waals surface area (Å²) in [6.07, 6.45) is 0.484. The van der Waals surface area contributed by atoms with Crippen LogP contribution in [0.3, 0.4) is 0 Å². The third kappa shape index (κ3) is 8.65. The Bertz CT molecular complexity index is 751. The molecule has 1 fully saturated rings. The molecule has 8 nitrogen and oxygen atoms in total. The summed E-state index contributed by atoms with van der Waals surface area (Å²) in [6, 6.07) is 8.19. The van der Waals surface area contributed by atoms with E-state index in [1.54, 1.807) is 7.11 Å². The molecule has 0 saturated carbocycles. The zero-order valence-electron chi connectivity index (χ0n) is 20.5. The molecule has 0 radical (unpaired) electrons. The fourth-order valence-electron chi connectivity index (χ4n) is 3.62. The van der Waals surface area contributed by atoms with Gasteiger partial charge in [-0.25, -0.2) is 4.79 Å². The molecule has 1 amide bonds. The second kappa shape index (κ2) is 13.1. The van der Waals surface area contributed by atoms with E-state index >= 15 is 0 Å². The molecule has 1 saturated heterocycles. The molecular weight excluding hydrogens is 521 g/mol. The summed E-state index contributed by atoms with van der Waals surface area (Å²) in [4.78, 5) is 21.4. The minimum atomic E-state index is -0.502. The topological polar surface area (TPSA) is 78.4 Å². The number of carbonyl (C=O) groups is 1. The number of hydrogen-bond donors (Lipinski definition) is 2. The summed E-state index contributed by atoms with van der Waals surface area (Å²) in [6.45, 7) is 10.6. The van der Waals surface area contributed by atoms with Gasteiger partial charge in [-0.1, -0.05) is 18.2 Å². The molecule has 1 aromatic rings. The number of aliphatic imine (C=N–C) groups is 1. The Labute approximate surface area is 210 Å². The summed E-state index contributed by atoms with van der Waals surface area (Å²) < 4.78 is 11.0. The van der Waals surface area contributed by atoms with Crippen LogP contribution in [0.2, 0.25) is 0 Å². The Hall–Kier alpha value is -1.75. The highest BCUT2D eigenvalue weighted by molar-refractivity contribution is 14.0. The van der Waals surface area contributed by atoms with E-state index in [1.165, 1.54) is 0 Å². The molecule has 0 bridgehead atoms. The van der Waals surface area contributed by atoms with Crippen molar-refractivity contribution < 1.29 is 14.3 Å². The lowest BCUT2D eigenvalue weighted by molar-refractivity contribution is 0.0507. The van der Waals surface area contributed by atoms with Crippen molar-refractivity contribution in [1.82, 2.24) is 20.4 Å². The van der Waals surface area contributed by atoms with Crippen molar-refractivity contribution in [3.05, 3.63) is 29.8 Å². The highest BCUT2D eigenvalue weighted by Gasteiger charge is 2.28. The highest BCUT2D eigenvalue weighted by atomic mass is 127. The first-order chi connectivity index (χ1) is 14.6. The monoisotopic (exact) mass is 561 g/mol. The van der Waals surface area contributed by atoms with Gasteiger partial charge in [0.15, 0.2) is 5.96 Å². The standard InChI is InChI=1S/C23H39N5O3.HI/c1-8-24-21(28-14-13-17(16-28)26-22(29)31-23(2,3)4)25-15-19(27(5)6)18-11-9-10-12-20(18)30-7;/h9-12,17,19H,8,13-16H2,1-7H3,(H,24,25)(H,26,29);1H. The molecule has 182 valence electrons. The first-order valence-electron chi connectivity index (χ1n) is 11.0. The van der Waals surface area contributed by atoms with E-state index in [2.05, 4.69) is 47.5 Å². The maximum atomic E-state index is 12.1. The third-order valence-electron chi connectivity index (χ3n) is 5.08. The Kier molecular flexibility index (Phi) is 11.6. The number of para-hydroxylation sites is 1.